The van der Waals surface area contributed by atoms with Crippen molar-refractivity contribution in [3.63, 3.8) is 0 Å². The normalized spacial score (nSPS) is 15.5. The van der Waals surface area contributed by atoms with Crippen LogP contribution < -0.4 is 5.32 Å². The number of hydrogen-bond acceptors (Lipinski definition) is 5. The van der Waals surface area contributed by atoms with Gasteiger partial charge in [0.1, 0.15) is 0 Å². The summed E-state index contributed by atoms with van der Waals surface area (Å²) in [7, 11) is -3.71. The van der Waals surface area contributed by atoms with Gasteiger partial charge in [0, 0.05) is 13.1 Å². The molecule has 1 fully saturated rings. The number of fused-ring (bicyclic) bond motifs is 1. The maximum Gasteiger partial charge on any atom is 0.258 e. The Bertz CT molecular complexity index is 1140. The van der Waals surface area contributed by atoms with Gasteiger partial charge >= 0.3 is 0 Å². The molecule has 6 nitrogen and oxygen atoms in total. The molecule has 152 valence electrons. The van der Waals surface area contributed by atoms with E-state index in [1.54, 1.807) is 18.2 Å². The number of hydrogen-bond donors (Lipinski definition) is 1. The standard InChI is InChI=1S/C21H23N3O3S2/c1-14-10-11-15(2)19-18(14)22-21(28-19)23-20(25)16-8-4-5-9-17(16)29(26,27)24-12-6-3-7-13-24/h4-5,8-11H,3,6-7,12-13H2,1-2H3,(H,22,23,25). The van der Waals surface area contributed by atoms with Crippen molar-refractivity contribution < 1.29 is 13.2 Å². The van der Waals surface area contributed by atoms with Crippen LogP contribution in [-0.2, 0) is 10.0 Å². The van der Waals surface area contributed by atoms with Gasteiger partial charge in [0.25, 0.3) is 5.91 Å². The van der Waals surface area contributed by atoms with Crippen LogP contribution in [0.4, 0.5) is 5.13 Å². The molecule has 29 heavy (non-hydrogen) atoms. The van der Waals surface area contributed by atoms with Crippen molar-refractivity contribution in [3.8, 4) is 0 Å². The molecule has 8 heteroatoms. The van der Waals surface area contributed by atoms with Crippen molar-refractivity contribution >= 4 is 42.6 Å². The van der Waals surface area contributed by atoms with E-state index in [2.05, 4.69) is 10.3 Å². The van der Waals surface area contributed by atoms with Crippen LogP contribution in [0.15, 0.2) is 41.3 Å². The fourth-order valence-corrected chi connectivity index (χ4v) is 6.31. The fourth-order valence-electron chi connectivity index (χ4n) is 3.60. The Hall–Kier alpha value is -2.29. The average molecular weight is 430 g/mol. The third-order valence-corrected chi connectivity index (χ3v) is 8.29. The number of piperidine rings is 1. The number of nitrogens with one attached hydrogen (secondary N) is 1. The molecular weight excluding hydrogens is 406 g/mol. The number of rotatable bonds is 4. The minimum Gasteiger partial charge on any atom is -0.298 e. The molecule has 2 heterocycles. The monoisotopic (exact) mass is 429 g/mol. The Morgan fingerprint density at radius 3 is 2.45 bits per heavy atom. The number of sulfonamides is 1. The summed E-state index contributed by atoms with van der Waals surface area (Å²) < 4.78 is 28.8. The summed E-state index contributed by atoms with van der Waals surface area (Å²) >= 11 is 1.40. The van der Waals surface area contributed by atoms with Crippen LogP contribution in [0.25, 0.3) is 10.2 Å². The van der Waals surface area contributed by atoms with E-state index < -0.39 is 15.9 Å². The van der Waals surface area contributed by atoms with Crippen LogP contribution in [0, 0.1) is 13.8 Å². The number of thiazole rings is 1. The number of nitrogens with zero attached hydrogens (tertiary/aromatic N) is 2. The number of benzene rings is 2. The third-order valence-electron chi connectivity index (χ3n) is 5.23. The van der Waals surface area contributed by atoms with E-state index in [1.807, 2.05) is 26.0 Å². The highest BCUT2D eigenvalue weighted by atomic mass is 32.2. The second-order valence-corrected chi connectivity index (χ2v) is 10.2. The molecule has 1 saturated heterocycles. The maximum absolute atomic E-state index is 13.1. The van der Waals surface area contributed by atoms with Gasteiger partial charge in [0.05, 0.1) is 20.7 Å². The number of carbonyl (C=O) groups is 1. The maximum atomic E-state index is 13.1. The Kier molecular flexibility index (Phi) is 5.42. The number of carbonyl (C=O) groups excluding carboxylic acids is 1. The summed E-state index contributed by atoms with van der Waals surface area (Å²) in [4.78, 5) is 17.6. The highest BCUT2D eigenvalue weighted by Crippen LogP contribution is 2.31. The van der Waals surface area contributed by atoms with Crippen molar-refractivity contribution in [2.75, 3.05) is 18.4 Å². The quantitative estimate of drug-likeness (QED) is 0.669. The largest absolute Gasteiger partial charge is 0.298 e. The topological polar surface area (TPSA) is 79.4 Å². The molecule has 1 aromatic heterocycles. The van der Waals surface area contributed by atoms with Crippen molar-refractivity contribution in [3.05, 3.63) is 53.1 Å². The molecule has 0 saturated carbocycles. The lowest BCUT2D eigenvalue weighted by molar-refractivity contribution is 0.102. The van der Waals surface area contributed by atoms with Crippen LogP contribution in [0.5, 0.6) is 0 Å². The molecule has 0 aliphatic carbocycles. The van der Waals surface area contributed by atoms with Crippen molar-refractivity contribution in [1.29, 1.82) is 0 Å². The molecule has 4 rings (SSSR count). The zero-order valence-corrected chi connectivity index (χ0v) is 18.1. The van der Waals surface area contributed by atoms with Crippen LogP contribution in [0.1, 0.15) is 40.7 Å². The van der Waals surface area contributed by atoms with Crippen molar-refractivity contribution in [2.24, 2.45) is 0 Å². The second kappa shape index (κ2) is 7.85. The molecule has 1 aliphatic heterocycles. The van der Waals surface area contributed by atoms with E-state index in [1.165, 1.54) is 21.7 Å². The molecule has 0 unspecified atom stereocenters. The molecule has 1 aliphatic rings. The van der Waals surface area contributed by atoms with Gasteiger partial charge in [-0.25, -0.2) is 13.4 Å². The highest BCUT2D eigenvalue weighted by Gasteiger charge is 2.30. The predicted molar refractivity (Wildman–Crippen MR) is 116 cm³/mol. The number of amides is 1. The van der Waals surface area contributed by atoms with Gasteiger partial charge in [-0.05, 0) is 49.9 Å². The van der Waals surface area contributed by atoms with Gasteiger partial charge in [-0.3, -0.25) is 10.1 Å². The lowest BCUT2D eigenvalue weighted by Gasteiger charge is -2.26. The number of aryl methyl sites for hydroxylation is 2. The van der Waals surface area contributed by atoms with E-state index >= 15 is 0 Å². The van der Waals surface area contributed by atoms with Crippen LogP contribution in [0.2, 0.25) is 0 Å². The second-order valence-electron chi connectivity index (χ2n) is 7.31. The molecule has 3 aromatic rings. The van der Waals surface area contributed by atoms with Gasteiger partial charge in [0.15, 0.2) is 5.13 Å². The Morgan fingerprint density at radius 1 is 1.03 bits per heavy atom. The molecule has 1 N–H and O–H groups in total. The van der Waals surface area contributed by atoms with E-state index in [9.17, 15) is 13.2 Å². The predicted octanol–water partition coefficient (Wildman–Crippen LogP) is 4.34. The zero-order chi connectivity index (χ0) is 20.6. The summed E-state index contributed by atoms with van der Waals surface area (Å²) in [5.74, 6) is -0.462. The van der Waals surface area contributed by atoms with Crippen LogP contribution in [0.3, 0.4) is 0 Å². The van der Waals surface area contributed by atoms with Crippen molar-refractivity contribution in [2.45, 2.75) is 38.0 Å². The molecular formula is C21H23N3O3S2. The van der Waals surface area contributed by atoms with E-state index in [-0.39, 0.29) is 10.5 Å². The van der Waals surface area contributed by atoms with E-state index in [4.69, 9.17) is 0 Å². The van der Waals surface area contributed by atoms with Gasteiger partial charge in [0.2, 0.25) is 10.0 Å². The Labute approximate surface area is 174 Å². The Balaban J connectivity index is 1.67. The van der Waals surface area contributed by atoms with Crippen LogP contribution in [-0.4, -0.2) is 36.7 Å². The molecule has 1 amide bonds. The first-order chi connectivity index (χ1) is 13.9. The molecule has 0 spiro atoms. The van der Waals surface area contributed by atoms with Gasteiger partial charge < -0.3 is 0 Å². The van der Waals surface area contributed by atoms with E-state index in [0.29, 0.717) is 18.2 Å². The van der Waals surface area contributed by atoms with Gasteiger partial charge in [-0.15, -0.1) is 0 Å². The Morgan fingerprint density at radius 2 is 1.72 bits per heavy atom. The van der Waals surface area contributed by atoms with Gasteiger partial charge in [-0.2, -0.15) is 4.31 Å². The average Bonchev–Trinajstić information content (AvgIpc) is 3.16. The molecule has 0 radical (unpaired) electrons. The first-order valence-corrected chi connectivity index (χ1v) is 11.9. The van der Waals surface area contributed by atoms with Crippen LogP contribution >= 0.6 is 11.3 Å². The first-order valence-electron chi connectivity index (χ1n) is 9.65. The van der Waals surface area contributed by atoms with Gasteiger partial charge in [-0.1, -0.05) is 42.0 Å². The summed E-state index contributed by atoms with van der Waals surface area (Å²) in [6.45, 7) is 4.98. The smallest absolute Gasteiger partial charge is 0.258 e. The van der Waals surface area contributed by atoms with E-state index in [0.717, 1.165) is 40.6 Å². The molecule has 0 atom stereocenters. The summed E-state index contributed by atoms with van der Waals surface area (Å²) in [5.41, 5.74) is 3.14. The van der Waals surface area contributed by atoms with Crippen molar-refractivity contribution in [1.82, 2.24) is 9.29 Å². The summed E-state index contributed by atoms with van der Waals surface area (Å²) in [5, 5.41) is 3.27. The lowest BCUT2D eigenvalue weighted by atomic mass is 10.1. The zero-order valence-electron chi connectivity index (χ0n) is 16.4. The fraction of sp³-hybridized carbons (Fsp3) is 0.333. The summed E-state index contributed by atoms with van der Waals surface area (Å²) in [6, 6.07) is 10.4. The summed E-state index contributed by atoms with van der Waals surface area (Å²) in [6.07, 6.45) is 2.72. The molecule has 2 aromatic carbocycles. The minimum atomic E-state index is -3.71. The SMILES string of the molecule is Cc1ccc(C)c2sc(NC(=O)c3ccccc3S(=O)(=O)N3CCCCC3)nc12. The first kappa shape index (κ1) is 20.0. The lowest BCUT2D eigenvalue weighted by Crippen LogP contribution is -2.36. The number of anilines is 1. The number of aromatic nitrogens is 1. The third kappa shape index (κ3) is 3.80. The highest BCUT2D eigenvalue weighted by molar-refractivity contribution is 7.89. The molecule has 0 bridgehead atoms. The minimum absolute atomic E-state index is 0.0490.